The summed E-state index contributed by atoms with van der Waals surface area (Å²) in [6.07, 6.45) is 9.51. The van der Waals surface area contributed by atoms with Crippen LogP contribution in [0.2, 0.25) is 0 Å². The van der Waals surface area contributed by atoms with E-state index in [-0.39, 0.29) is 0 Å². The maximum absolute atomic E-state index is 5.41. The fraction of sp³-hybridized carbons (Fsp3) is 0.368. The van der Waals surface area contributed by atoms with Gasteiger partial charge in [0, 0.05) is 49.4 Å². The fourth-order valence-electron chi connectivity index (χ4n) is 3.35. The summed E-state index contributed by atoms with van der Waals surface area (Å²) in [6, 6.07) is 8.53. The summed E-state index contributed by atoms with van der Waals surface area (Å²) in [5, 5.41) is 2.07. The number of hydrogen-bond donors (Lipinski definition) is 2. The lowest BCUT2D eigenvalue weighted by Gasteiger charge is -2.35. The second kappa shape index (κ2) is 7.21. The van der Waals surface area contributed by atoms with Crippen LogP contribution in [0.4, 0.5) is 5.69 Å². The van der Waals surface area contributed by atoms with E-state index in [0.717, 1.165) is 45.8 Å². The van der Waals surface area contributed by atoms with Gasteiger partial charge in [-0.3, -0.25) is 10.3 Å². The van der Waals surface area contributed by atoms with E-state index in [1.54, 1.807) is 0 Å². The van der Waals surface area contributed by atoms with Crippen LogP contribution in [0.1, 0.15) is 12.0 Å². The Morgan fingerprint density at radius 2 is 2.00 bits per heavy atom. The number of rotatable bonds is 4. The number of nitrogens with zero attached hydrogens (tertiary/aromatic N) is 2. The zero-order valence-corrected chi connectivity index (χ0v) is 13.9. The highest BCUT2D eigenvalue weighted by Gasteiger charge is 2.22. The Balaban J connectivity index is 1.47. The molecule has 2 aliphatic heterocycles. The average Bonchev–Trinajstić information content (AvgIpc) is 2.88. The number of fused-ring (bicyclic) bond motifs is 2. The minimum absolute atomic E-state index is 0.847. The molecule has 5 heteroatoms. The molecule has 4 rings (SSSR count). The molecule has 1 aromatic rings. The standard InChI is InChI=1S/C19H24N4O/c1-2-6-16-17-7-4-5-9-19(17)23(21-18(16)8-3-1)20-10-11-22-12-14-24-15-13-22/h1-7,9,20-21H,8,10-15H2. The molecule has 1 saturated heterocycles. The average molecular weight is 324 g/mol. The van der Waals surface area contributed by atoms with Gasteiger partial charge in [-0.1, -0.05) is 42.5 Å². The number of nitrogens with one attached hydrogen (secondary N) is 2. The molecule has 5 nitrogen and oxygen atoms in total. The van der Waals surface area contributed by atoms with Crippen LogP contribution in [-0.4, -0.2) is 44.3 Å². The largest absolute Gasteiger partial charge is 0.379 e. The first kappa shape index (κ1) is 15.4. The molecule has 0 bridgehead atoms. The zero-order valence-electron chi connectivity index (χ0n) is 13.9. The molecule has 1 fully saturated rings. The first-order chi connectivity index (χ1) is 11.9. The third-order valence-electron chi connectivity index (χ3n) is 4.64. The SMILES string of the molecule is C1=CCC2=C(C=C1)c1ccccc1N(NCCN1CCOCC1)N2. The van der Waals surface area contributed by atoms with Crippen LogP contribution < -0.4 is 16.0 Å². The molecule has 0 saturated carbocycles. The molecule has 2 heterocycles. The van der Waals surface area contributed by atoms with Crippen LogP contribution in [0.25, 0.3) is 5.57 Å². The van der Waals surface area contributed by atoms with E-state index in [1.165, 1.54) is 22.5 Å². The van der Waals surface area contributed by atoms with Crippen molar-refractivity contribution in [3.05, 3.63) is 59.8 Å². The van der Waals surface area contributed by atoms with Crippen molar-refractivity contribution in [3.8, 4) is 0 Å². The van der Waals surface area contributed by atoms with E-state index in [4.69, 9.17) is 4.74 Å². The summed E-state index contributed by atoms with van der Waals surface area (Å²) >= 11 is 0. The molecule has 0 radical (unpaired) electrons. The molecule has 0 aromatic heterocycles. The smallest absolute Gasteiger partial charge is 0.0835 e. The number of allylic oxidation sites excluding steroid dienone is 5. The number of ether oxygens (including phenoxy) is 1. The first-order valence-corrected chi connectivity index (χ1v) is 8.68. The topological polar surface area (TPSA) is 39.8 Å². The molecule has 1 aliphatic carbocycles. The molecule has 126 valence electrons. The summed E-state index contributed by atoms with van der Waals surface area (Å²) in [6.45, 7) is 5.66. The van der Waals surface area contributed by atoms with E-state index in [0.29, 0.717) is 0 Å². The maximum Gasteiger partial charge on any atom is 0.0835 e. The van der Waals surface area contributed by atoms with Crippen LogP contribution in [-0.2, 0) is 4.74 Å². The van der Waals surface area contributed by atoms with Gasteiger partial charge in [-0.25, -0.2) is 10.5 Å². The number of benzene rings is 1. The molecule has 0 amide bonds. The van der Waals surface area contributed by atoms with Crippen LogP contribution in [0.3, 0.4) is 0 Å². The molecule has 1 aromatic carbocycles. The predicted octanol–water partition coefficient (Wildman–Crippen LogP) is 2.08. The first-order valence-electron chi connectivity index (χ1n) is 8.68. The van der Waals surface area contributed by atoms with Gasteiger partial charge in [0.1, 0.15) is 0 Å². The number of para-hydroxylation sites is 1. The van der Waals surface area contributed by atoms with E-state index in [1.807, 2.05) is 0 Å². The predicted molar refractivity (Wildman–Crippen MR) is 97.1 cm³/mol. The van der Waals surface area contributed by atoms with E-state index >= 15 is 0 Å². The second-order valence-corrected chi connectivity index (χ2v) is 6.21. The van der Waals surface area contributed by atoms with Gasteiger partial charge >= 0.3 is 0 Å². The molecule has 3 aliphatic rings. The van der Waals surface area contributed by atoms with Crippen LogP contribution in [0.5, 0.6) is 0 Å². The molecule has 2 N–H and O–H groups in total. The third-order valence-corrected chi connectivity index (χ3v) is 4.64. The van der Waals surface area contributed by atoms with Crippen LogP contribution in [0.15, 0.2) is 54.3 Å². The van der Waals surface area contributed by atoms with Crippen LogP contribution in [0, 0.1) is 0 Å². The van der Waals surface area contributed by atoms with Crippen molar-refractivity contribution < 1.29 is 4.74 Å². The number of hydrazine groups is 2. The Bertz CT molecular complexity index is 674. The Labute approximate surface area is 143 Å². The third kappa shape index (κ3) is 3.24. The quantitative estimate of drug-likeness (QED) is 0.887. The Kier molecular flexibility index (Phi) is 4.64. The van der Waals surface area contributed by atoms with Gasteiger partial charge in [-0.15, -0.1) is 0 Å². The number of hydrogen-bond acceptors (Lipinski definition) is 5. The van der Waals surface area contributed by atoms with Gasteiger partial charge in [0.15, 0.2) is 0 Å². The summed E-state index contributed by atoms with van der Waals surface area (Å²) in [7, 11) is 0. The van der Waals surface area contributed by atoms with Gasteiger partial charge in [-0.2, -0.15) is 0 Å². The maximum atomic E-state index is 5.41. The summed E-state index contributed by atoms with van der Waals surface area (Å²) in [5.41, 5.74) is 12.0. The van der Waals surface area contributed by atoms with Crippen LogP contribution >= 0.6 is 0 Å². The monoisotopic (exact) mass is 324 g/mol. The van der Waals surface area contributed by atoms with Crippen molar-refractivity contribution in [2.24, 2.45) is 0 Å². The lowest BCUT2D eigenvalue weighted by molar-refractivity contribution is 0.0383. The van der Waals surface area contributed by atoms with Crippen molar-refractivity contribution in [1.29, 1.82) is 0 Å². The van der Waals surface area contributed by atoms with E-state index < -0.39 is 0 Å². The van der Waals surface area contributed by atoms with Gasteiger partial charge in [0.05, 0.1) is 18.9 Å². The molecule has 0 spiro atoms. The number of morpholine rings is 1. The molecular formula is C19H24N4O. The molecule has 24 heavy (non-hydrogen) atoms. The minimum Gasteiger partial charge on any atom is -0.379 e. The van der Waals surface area contributed by atoms with Gasteiger partial charge in [-0.05, 0) is 6.07 Å². The lowest BCUT2D eigenvalue weighted by atomic mass is 9.99. The van der Waals surface area contributed by atoms with Gasteiger partial charge in [0.25, 0.3) is 0 Å². The Morgan fingerprint density at radius 1 is 1.12 bits per heavy atom. The Morgan fingerprint density at radius 3 is 2.92 bits per heavy atom. The highest BCUT2D eigenvalue weighted by Crippen LogP contribution is 2.34. The van der Waals surface area contributed by atoms with E-state index in [2.05, 4.69) is 69.4 Å². The van der Waals surface area contributed by atoms with Gasteiger partial charge in [0.2, 0.25) is 0 Å². The van der Waals surface area contributed by atoms with Crippen molar-refractivity contribution in [2.75, 3.05) is 44.5 Å². The second-order valence-electron chi connectivity index (χ2n) is 6.21. The van der Waals surface area contributed by atoms with Gasteiger partial charge < -0.3 is 4.74 Å². The normalized spacial score (nSPS) is 20.4. The lowest BCUT2D eigenvalue weighted by Crippen LogP contribution is -2.52. The summed E-state index contributed by atoms with van der Waals surface area (Å²) in [4.78, 5) is 2.44. The highest BCUT2D eigenvalue weighted by molar-refractivity contribution is 5.86. The fourth-order valence-corrected chi connectivity index (χ4v) is 3.35. The van der Waals surface area contributed by atoms with Crippen molar-refractivity contribution in [1.82, 2.24) is 15.8 Å². The zero-order chi connectivity index (χ0) is 16.2. The minimum atomic E-state index is 0.847. The number of anilines is 1. The highest BCUT2D eigenvalue weighted by atomic mass is 16.5. The molecule has 0 atom stereocenters. The summed E-state index contributed by atoms with van der Waals surface area (Å²) < 4.78 is 5.41. The van der Waals surface area contributed by atoms with E-state index in [9.17, 15) is 0 Å². The summed E-state index contributed by atoms with van der Waals surface area (Å²) in [5.74, 6) is 0. The van der Waals surface area contributed by atoms with Crippen molar-refractivity contribution in [3.63, 3.8) is 0 Å². The molecule has 0 unspecified atom stereocenters. The van der Waals surface area contributed by atoms with Crippen molar-refractivity contribution >= 4 is 11.3 Å². The molecular weight excluding hydrogens is 300 g/mol. The Hall–Kier alpha value is -2.08. The van der Waals surface area contributed by atoms with Crippen molar-refractivity contribution in [2.45, 2.75) is 6.42 Å².